The Labute approximate surface area is 177 Å². The van der Waals surface area contributed by atoms with Crippen molar-refractivity contribution in [3.8, 4) is 0 Å². The van der Waals surface area contributed by atoms with E-state index in [1.807, 2.05) is 19.5 Å². The Morgan fingerprint density at radius 2 is 1.58 bits per heavy atom. The lowest BCUT2D eigenvalue weighted by molar-refractivity contribution is -0.193. The number of aromatic nitrogens is 1. The van der Waals surface area contributed by atoms with Gasteiger partial charge in [0.1, 0.15) is 0 Å². The second-order valence-electron chi connectivity index (χ2n) is 6.66. The number of aliphatic carboxylic acids is 2. The summed E-state index contributed by atoms with van der Waals surface area (Å²) < 4.78 is 69.4. The molecule has 176 valence electrons. The second kappa shape index (κ2) is 11.0. The van der Waals surface area contributed by atoms with Crippen LogP contribution < -0.4 is 0 Å². The minimum atomic E-state index is -5.08. The van der Waals surface area contributed by atoms with Crippen LogP contribution in [-0.4, -0.2) is 81.2 Å². The fourth-order valence-electron chi connectivity index (χ4n) is 2.80. The first-order chi connectivity index (χ1) is 14.2. The van der Waals surface area contributed by atoms with Crippen LogP contribution in [0.5, 0.6) is 0 Å². The molecule has 0 saturated carbocycles. The number of carbonyl (C=O) groups is 2. The third-order valence-electron chi connectivity index (χ3n) is 4.17. The zero-order valence-electron chi connectivity index (χ0n) is 16.1. The SMILES string of the molecule is COC1CSC2(C1)CN(Cc1ccncc1)C2.O=C(O)C(F)(F)F.O=C(O)C(F)(F)F. The molecule has 2 aliphatic heterocycles. The Morgan fingerprint density at radius 3 is 1.94 bits per heavy atom. The fourth-order valence-corrected chi connectivity index (χ4v) is 4.45. The average molecular weight is 478 g/mol. The van der Waals surface area contributed by atoms with Gasteiger partial charge in [-0.05, 0) is 24.1 Å². The van der Waals surface area contributed by atoms with Crippen LogP contribution in [-0.2, 0) is 20.9 Å². The molecule has 31 heavy (non-hydrogen) atoms. The summed E-state index contributed by atoms with van der Waals surface area (Å²) in [4.78, 5) is 24.4. The predicted octanol–water partition coefficient (Wildman–Crippen LogP) is 3.05. The summed E-state index contributed by atoms with van der Waals surface area (Å²) in [5.74, 6) is -4.35. The number of hydrogen-bond acceptors (Lipinski definition) is 6. The van der Waals surface area contributed by atoms with Gasteiger partial charge in [0.05, 0.1) is 6.10 Å². The Balaban J connectivity index is 0.000000288. The first kappa shape index (κ1) is 27.0. The average Bonchev–Trinajstić information content (AvgIpc) is 3.06. The minimum absolute atomic E-state index is 0.475. The van der Waals surface area contributed by atoms with Crippen LogP contribution in [0.3, 0.4) is 0 Å². The summed E-state index contributed by atoms with van der Waals surface area (Å²) in [6.45, 7) is 3.47. The first-order valence-electron chi connectivity index (χ1n) is 8.57. The quantitative estimate of drug-likeness (QED) is 0.640. The molecule has 0 aliphatic carbocycles. The van der Waals surface area contributed by atoms with E-state index in [4.69, 9.17) is 24.5 Å². The molecule has 2 saturated heterocycles. The maximum Gasteiger partial charge on any atom is 0.490 e. The van der Waals surface area contributed by atoms with Gasteiger partial charge >= 0.3 is 24.3 Å². The van der Waals surface area contributed by atoms with E-state index in [1.165, 1.54) is 30.8 Å². The summed E-state index contributed by atoms with van der Waals surface area (Å²) in [5.41, 5.74) is 1.36. The van der Waals surface area contributed by atoms with Gasteiger partial charge in [-0.15, -0.1) is 11.8 Å². The molecule has 14 heteroatoms. The van der Waals surface area contributed by atoms with E-state index < -0.39 is 24.3 Å². The van der Waals surface area contributed by atoms with Gasteiger partial charge in [-0.2, -0.15) is 26.3 Å². The number of pyridine rings is 1. The van der Waals surface area contributed by atoms with Crippen molar-refractivity contribution in [2.75, 3.05) is 26.0 Å². The van der Waals surface area contributed by atoms with Gasteiger partial charge in [0, 0.05) is 49.6 Å². The molecule has 3 rings (SSSR count). The lowest BCUT2D eigenvalue weighted by Gasteiger charge is -2.47. The van der Waals surface area contributed by atoms with Crippen molar-refractivity contribution in [3.63, 3.8) is 0 Å². The Morgan fingerprint density at radius 1 is 1.13 bits per heavy atom. The smallest absolute Gasteiger partial charge is 0.475 e. The zero-order chi connectivity index (χ0) is 23.9. The van der Waals surface area contributed by atoms with Crippen LogP contribution in [0.2, 0.25) is 0 Å². The highest BCUT2D eigenvalue weighted by atomic mass is 32.2. The summed E-state index contributed by atoms with van der Waals surface area (Å²) >= 11 is 2.10. The molecular formula is C17H20F6N2O5S. The third-order valence-corrected chi connectivity index (χ3v) is 5.75. The Hall–Kier alpha value is -2.06. The lowest BCUT2D eigenvalue weighted by atomic mass is 9.92. The number of carboxylic acids is 2. The second-order valence-corrected chi connectivity index (χ2v) is 8.15. The number of rotatable bonds is 3. The van der Waals surface area contributed by atoms with Crippen molar-refractivity contribution < 1.29 is 50.9 Å². The molecule has 1 aromatic heterocycles. The third kappa shape index (κ3) is 9.31. The summed E-state index contributed by atoms with van der Waals surface area (Å²) in [7, 11) is 1.83. The number of thioether (sulfide) groups is 1. The number of nitrogens with zero attached hydrogens (tertiary/aromatic N) is 2. The van der Waals surface area contributed by atoms with Gasteiger partial charge in [-0.25, -0.2) is 9.59 Å². The number of likely N-dealkylation sites (tertiary alicyclic amines) is 1. The number of hydrogen-bond donors (Lipinski definition) is 2. The molecule has 1 aromatic rings. The van der Waals surface area contributed by atoms with Crippen LogP contribution >= 0.6 is 11.8 Å². The normalized spacial score (nSPS) is 20.0. The van der Waals surface area contributed by atoms with Crippen molar-refractivity contribution in [2.24, 2.45) is 0 Å². The van der Waals surface area contributed by atoms with Gasteiger partial charge in [-0.3, -0.25) is 9.88 Å². The molecule has 7 nitrogen and oxygen atoms in total. The van der Waals surface area contributed by atoms with E-state index in [9.17, 15) is 26.3 Å². The van der Waals surface area contributed by atoms with Crippen LogP contribution in [0.25, 0.3) is 0 Å². The van der Waals surface area contributed by atoms with E-state index in [2.05, 4.69) is 33.8 Å². The Bertz CT molecular complexity index is 702. The fraction of sp³-hybridized carbons (Fsp3) is 0.588. The van der Waals surface area contributed by atoms with Gasteiger partial charge in [-0.1, -0.05) is 0 Å². The highest BCUT2D eigenvalue weighted by Crippen LogP contribution is 2.46. The first-order valence-corrected chi connectivity index (χ1v) is 9.55. The van der Waals surface area contributed by atoms with Crippen molar-refractivity contribution in [3.05, 3.63) is 30.1 Å². The van der Waals surface area contributed by atoms with E-state index in [1.54, 1.807) is 0 Å². The van der Waals surface area contributed by atoms with Gasteiger partial charge in [0.25, 0.3) is 0 Å². The lowest BCUT2D eigenvalue weighted by Crippen LogP contribution is -2.58. The van der Waals surface area contributed by atoms with E-state index in [0.717, 1.165) is 6.54 Å². The van der Waals surface area contributed by atoms with E-state index in [-0.39, 0.29) is 0 Å². The molecule has 1 unspecified atom stereocenters. The molecule has 0 bridgehead atoms. The maximum atomic E-state index is 10.6. The molecule has 2 fully saturated rings. The topological polar surface area (TPSA) is 100.0 Å². The highest BCUT2D eigenvalue weighted by molar-refractivity contribution is 8.01. The van der Waals surface area contributed by atoms with E-state index >= 15 is 0 Å². The molecule has 1 atom stereocenters. The maximum absolute atomic E-state index is 10.6. The number of halogens is 6. The minimum Gasteiger partial charge on any atom is -0.475 e. The standard InChI is InChI=1S/C13H18N2OS.2C2HF3O2/c1-16-12-6-13(17-8-12)9-15(10-13)7-11-2-4-14-5-3-11;2*3-2(4,5)1(6)7/h2-5,12H,6-10H2,1H3;2*(H,6,7). The summed E-state index contributed by atoms with van der Waals surface area (Å²) in [5, 5.41) is 14.2. The number of alkyl halides is 6. The molecule has 3 heterocycles. The molecule has 0 amide bonds. The van der Waals surface area contributed by atoms with Crippen molar-refractivity contribution in [1.82, 2.24) is 9.88 Å². The monoisotopic (exact) mass is 478 g/mol. The van der Waals surface area contributed by atoms with Gasteiger partial charge < -0.3 is 14.9 Å². The summed E-state index contributed by atoms with van der Waals surface area (Å²) in [6.07, 6.45) is -4.73. The summed E-state index contributed by atoms with van der Waals surface area (Å²) in [6, 6.07) is 4.20. The molecule has 2 aliphatic rings. The number of ether oxygens (including phenoxy) is 1. The predicted molar refractivity (Wildman–Crippen MR) is 97.5 cm³/mol. The molecule has 1 spiro atoms. The number of carboxylic acid groups (broad SMARTS) is 2. The molecule has 0 aromatic carbocycles. The zero-order valence-corrected chi connectivity index (χ0v) is 16.9. The van der Waals surface area contributed by atoms with Gasteiger partial charge in [0.15, 0.2) is 0 Å². The van der Waals surface area contributed by atoms with Crippen molar-refractivity contribution in [1.29, 1.82) is 0 Å². The van der Waals surface area contributed by atoms with E-state index in [0.29, 0.717) is 10.9 Å². The van der Waals surface area contributed by atoms with Crippen LogP contribution in [0.1, 0.15) is 12.0 Å². The largest absolute Gasteiger partial charge is 0.490 e. The van der Waals surface area contributed by atoms with Crippen LogP contribution in [0.4, 0.5) is 26.3 Å². The molecule has 2 N–H and O–H groups in total. The number of methoxy groups -OCH3 is 1. The van der Waals surface area contributed by atoms with Gasteiger partial charge in [0.2, 0.25) is 0 Å². The van der Waals surface area contributed by atoms with Crippen molar-refractivity contribution >= 4 is 23.7 Å². The molecule has 0 radical (unpaired) electrons. The Kier molecular flexibility index (Phi) is 9.57. The highest BCUT2D eigenvalue weighted by Gasteiger charge is 2.48. The van der Waals surface area contributed by atoms with Crippen LogP contribution in [0.15, 0.2) is 24.5 Å². The van der Waals surface area contributed by atoms with Crippen molar-refractivity contribution in [2.45, 2.75) is 36.2 Å². The molecular weight excluding hydrogens is 458 g/mol. The van der Waals surface area contributed by atoms with Crippen LogP contribution in [0, 0.1) is 0 Å².